The number of para-hydroxylation sites is 1. The third kappa shape index (κ3) is 4.16. The van der Waals surface area contributed by atoms with E-state index in [-0.39, 0.29) is 23.7 Å². The minimum atomic E-state index is -0.168. The van der Waals surface area contributed by atoms with E-state index in [1.54, 1.807) is 0 Å². The van der Waals surface area contributed by atoms with Gasteiger partial charge in [0.05, 0.1) is 11.8 Å². The standard InChI is InChI=1S/C20H30N2O2/c1-5-11-22(12-6-2)20(24)17-13-16(17)19(23)21-18-14(4)9-8-10-15(18)7-3/h8-10,16-17H,5-7,11-13H2,1-4H3,(H,21,23). The van der Waals surface area contributed by atoms with Crippen LogP contribution in [0.3, 0.4) is 0 Å². The van der Waals surface area contributed by atoms with Crippen LogP contribution in [0.4, 0.5) is 5.69 Å². The number of carbonyl (C=O) groups excluding carboxylic acids is 2. The van der Waals surface area contributed by atoms with Crippen LogP contribution in [0.5, 0.6) is 0 Å². The van der Waals surface area contributed by atoms with E-state index >= 15 is 0 Å². The van der Waals surface area contributed by atoms with Crippen molar-refractivity contribution < 1.29 is 9.59 Å². The second kappa shape index (κ2) is 8.32. The third-order valence-electron chi connectivity index (χ3n) is 4.73. The predicted octanol–water partition coefficient (Wildman–Crippen LogP) is 3.78. The van der Waals surface area contributed by atoms with E-state index in [0.717, 1.165) is 49.2 Å². The molecule has 24 heavy (non-hydrogen) atoms. The van der Waals surface area contributed by atoms with Gasteiger partial charge in [0.25, 0.3) is 0 Å². The first-order valence-electron chi connectivity index (χ1n) is 9.21. The first kappa shape index (κ1) is 18.5. The highest BCUT2D eigenvalue weighted by Crippen LogP contribution is 2.41. The van der Waals surface area contributed by atoms with Gasteiger partial charge in [-0.25, -0.2) is 0 Å². The lowest BCUT2D eigenvalue weighted by Gasteiger charge is -2.21. The van der Waals surface area contributed by atoms with Crippen molar-refractivity contribution in [3.05, 3.63) is 29.3 Å². The van der Waals surface area contributed by atoms with Gasteiger partial charge in [-0.05, 0) is 43.7 Å². The fourth-order valence-electron chi connectivity index (χ4n) is 3.28. The summed E-state index contributed by atoms with van der Waals surface area (Å²) in [6, 6.07) is 6.07. The van der Waals surface area contributed by atoms with Gasteiger partial charge in [-0.3, -0.25) is 9.59 Å². The fraction of sp³-hybridized carbons (Fsp3) is 0.600. The summed E-state index contributed by atoms with van der Waals surface area (Å²) in [4.78, 5) is 27.1. The largest absolute Gasteiger partial charge is 0.342 e. The van der Waals surface area contributed by atoms with Gasteiger partial charge in [0.2, 0.25) is 11.8 Å². The van der Waals surface area contributed by atoms with Crippen LogP contribution >= 0.6 is 0 Å². The molecular formula is C20H30N2O2. The van der Waals surface area contributed by atoms with Crippen LogP contribution in [0.2, 0.25) is 0 Å². The number of hydrogen-bond acceptors (Lipinski definition) is 2. The Labute approximate surface area is 145 Å². The molecule has 4 heteroatoms. The number of anilines is 1. The Morgan fingerprint density at radius 3 is 2.38 bits per heavy atom. The molecule has 2 rings (SSSR count). The average molecular weight is 330 g/mol. The number of amides is 2. The number of nitrogens with zero attached hydrogens (tertiary/aromatic N) is 1. The summed E-state index contributed by atoms with van der Waals surface area (Å²) in [6.07, 6.45) is 3.48. The van der Waals surface area contributed by atoms with Crippen LogP contribution in [-0.2, 0) is 16.0 Å². The molecule has 1 aliphatic carbocycles. The van der Waals surface area contributed by atoms with Gasteiger partial charge in [0.15, 0.2) is 0 Å². The smallest absolute Gasteiger partial charge is 0.228 e. The van der Waals surface area contributed by atoms with Gasteiger partial charge in [-0.15, -0.1) is 0 Å². The molecule has 2 atom stereocenters. The lowest BCUT2D eigenvalue weighted by atomic mass is 10.1. The molecule has 1 saturated carbocycles. The first-order valence-corrected chi connectivity index (χ1v) is 9.21. The van der Waals surface area contributed by atoms with Crippen molar-refractivity contribution in [2.45, 2.75) is 53.4 Å². The Balaban J connectivity index is 2.00. The number of nitrogens with one attached hydrogen (secondary N) is 1. The third-order valence-corrected chi connectivity index (χ3v) is 4.73. The summed E-state index contributed by atoms with van der Waals surface area (Å²) in [5, 5.41) is 3.07. The number of aryl methyl sites for hydroxylation is 2. The van der Waals surface area contributed by atoms with E-state index in [9.17, 15) is 9.59 Å². The molecule has 1 fully saturated rings. The molecule has 0 aliphatic heterocycles. The maximum atomic E-state index is 12.6. The van der Waals surface area contributed by atoms with E-state index in [2.05, 4.69) is 26.1 Å². The van der Waals surface area contributed by atoms with Crippen molar-refractivity contribution in [1.29, 1.82) is 0 Å². The average Bonchev–Trinajstić information content (AvgIpc) is 3.36. The van der Waals surface area contributed by atoms with Crippen molar-refractivity contribution in [2.75, 3.05) is 18.4 Å². The molecule has 1 N–H and O–H groups in total. The topological polar surface area (TPSA) is 49.4 Å². The van der Waals surface area contributed by atoms with Crippen LogP contribution in [0.15, 0.2) is 18.2 Å². The summed E-state index contributed by atoms with van der Waals surface area (Å²) < 4.78 is 0. The molecular weight excluding hydrogens is 300 g/mol. The van der Waals surface area contributed by atoms with Gasteiger partial charge >= 0.3 is 0 Å². The normalized spacial score (nSPS) is 19.0. The van der Waals surface area contributed by atoms with E-state index in [4.69, 9.17) is 0 Å². The SMILES string of the molecule is CCCN(CCC)C(=O)C1CC1C(=O)Nc1c(C)cccc1CC. The zero-order chi connectivity index (χ0) is 17.7. The lowest BCUT2D eigenvalue weighted by molar-refractivity contribution is -0.134. The Hall–Kier alpha value is -1.84. The molecule has 2 unspecified atom stereocenters. The molecule has 0 saturated heterocycles. The van der Waals surface area contributed by atoms with Crippen LogP contribution in [0.25, 0.3) is 0 Å². The van der Waals surface area contributed by atoms with Crippen molar-refractivity contribution in [3.8, 4) is 0 Å². The summed E-state index contributed by atoms with van der Waals surface area (Å²) >= 11 is 0. The summed E-state index contributed by atoms with van der Waals surface area (Å²) in [6.45, 7) is 9.83. The van der Waals surface area contributed by atoms with Crippen LogP contribution in [-0.4, -0.2) is 29.8 Å². The Morgan fingerprint density at radius 1 is 1.12 bits per heavy atom. The predicted molar refractivity (Wildman–Crippen MR) is 97.9 cm³/mol. The highest BCUT2D eigenvalue weighted by molar-refractivity contribution is 6.00. The van der Waals surface area contributed by atoms with Crippen LogP contribution in [0, 0.1) is 18.8 Å². The zero-order valence-electron chi connectivity index (χ0n) is 15.4. The van der Waals surface area contributed by atoms with E-state index in [1.807, 2.05) is 30.0 Å². The molecule has 1 aliphatic rings. The van der Waals surface area contributed by atoms with Crippen LogP contribution in [0.1, 0.15) is 51.2 Å². The Kier molecular flexibility index (Phi) is 6.41. The number of hydrogen-bond donors (Lipinski definition) is 1. The molecule has 0 spiro atoms. The van der Waals surface area contributed by atoms with Gasteiger partial charge in [0, 0.05) is 18.8 Å². The van der Waals surface area contributed by atoms with Gasteiger partial charge in [-0.1, -0.05) is 39.0 Å². The Bertz CT molecular complexity index is 591. The van der Waals surface area contributed by atoms with Crippen molar-refractivity contribution in [2.24, 2.45) is 11.8 Å². The molecule has 0 aromatic heterocycles. The molecule has 0 radical (unpaired) electrons. The zero-order valence-corrected chi connectivity index (χ0v) is 15.4. The molecule has 1 aromatic rings. The lowest BCUT2D eigenvalue weighted by Crippen LogP contribution is -2.34. The minimum absolute atomic E-state index is 0.00898. The molecule has 0 heterocycles. The van der Waals surface area contributed by atoms with Gasteiger partial charge < -0.3 is 10.2 Å². The van der Waals surface area contributed by atoms with Crippen molar-refractivity contribution in [3.63, 3.8) is 0 Å². The van der Waals surface area contributed by atoms with Crippen LogP contribution < -0.4 is 5.32 Å². The van der Waals surface area contributed by atoms with E-state index in [0.29, 0.717) is 6.42 Å². The number of carbonyl (C=O) groups is 2. The van der Waals surface area contributed by atoms with E-state index < -0.39 is 0 Å². The monoisotopic (exact) mass is 330 g/mol. The highest BCUT2D eigenvalue weighted by Gasteiger charge is 2.49. The molecule has 1 aromatic carbocycles. The molecule has 132 valence electrons. The summed E-state index contributed by atoms with van der Waals surface area (Å²) in [5.74, 6) is -0.153. The first-order chi connectivity index (χ1) is 11.5. The van der Waals surface area contributed by atoms with Gasteiger partial charge in [-0.2, -0.15) is 0 Å². The van der Waals surface area contributed by atoms with Crippen molar-refractivity contribution in [1.82, 2.24) is 4.90 Å². The maximum Gasteiger partial charge on any atom is 0.228 e. The number of benzene rings is 1. The summed E-state index contributed by atoms with van der Waals surface area (Å²) in [7, 11) is 0. The Morgan fingerprint density at radius 2 is 1.79 bits per heavy atom. The van der Waals surface area contributed by atoms with Gasteiger partial charge in [0.1, 0.15) is 0 Å². The molecule has 2 amide bonds. The van der Waals surface area contributed by atoms with Crippen molar-refractivity contribution >= 4 is 17.5 Å². The fourth-order valence-corrected chi connectivity index (χ4v) is 3.28. The highest BCUT2D eigenvalue weighted by atomic mass is 16.2. The minimum Gasteiger partial charge on any atom is -0.342 e. The number of rotatable bonds is 8. The summed E-state index contributed by atoms with van der Waals surface area (Å²) in [5.41, 5.74) is 3.14. The van der Waals surface area contributed by atoms with E-state index in [1.165, 1.54) is 0 Å². The molecule has 0 bridgehead atoms. The quantitative estimate of drug-likeness (QED) is 0.788. The second-order valence-electron chi connectivity index (χ2n) is 6.73. The maximum absolute atomic E-state index is 12.6. The second-order valence-corrected chi connectivity index (χ2v) is 6.73. The molecule has 4 nitrogen and oxygen atoms in total.